The average molecular weight is 225 g/mol. The van der Waals surface area contributed by atoms with Crippen LogP contribution in [0, 0.1) is 0 Å². The van der Waals surface area contributed by atoms with Crippen LogP contribution in [-0.4, -0.2) is 34.6 Å². The predicted molar refractivity (Wildman–Crippen MR) is 60.0 cm³/mol. The minimum Gasteiger partial charge on any atom is -0.387 e. The van der Waals surface area contributed by atoms with Gasteiger partial charge in [0.1, 0.15) is 0 Å². The van der Waals surface area contributed by atoms with Gasteiger partial charge in [-0.15, -0.1) is 0 Å². The van der Waals surface area contributed by atoms with E-state index in [2.05, 4.69) is 5.10 Å². The van der Waals surface area contributed by atoms with E-state index >= 15 is 0 Å². The van der Waals surface area contributed by atoms with Crippen LogP contribution in [0.25, 0.3) is 0 Å². The molecule has 5 heteroatoms. The Kier molecular flexibility index (Phi) is 3.58. The molecule has 2 rings (SSSR count). The van der Waals surface area contributed by atoms with Gasteiger partial charge >= 0.3 is 0 Å². The number of nitrogens with zero attached hydrogens (tertiary/aromatic N) is 2. The third kappa shape index (κ3) is 2.26. The summed E-state index contributed by atoms with van der Waals surface area (Å²) in [5, 5.41) is 14.3. The van der Waals surface area contributed by atoms with Gasteiger partial charge in [-0.05, 0) is 12.8 Å². The average Bonchev–Trinajstić information content (AvgIpc) is 2.71. The fourth-order valence-electron chi connectivity index (χ4n) is 2.20. The van der Waals surface area contributed by atoms with Crippen LogP contribution in [0.3, 0.4) is 0 Å². The third-order valence-electron chi connectivity index (χ3n) is 3.08. The highest BCUT2D eigenvalue weighted by Gasteiger charge is 2.24. The summed E-state index contributed by atoms with van der Waals surface area (Å²) in [5.41, 5.74) is 7.36. The fraction of sp³-hybridized carbons (Fsp3) is 0.727. The molecule has 0 unspecified atom stereocenters. The van der Waals surface area contributed by atoms with Crippen LogP contribution in [0.4, 0.5) is 0 Å². The number of hydrogen-bond donors (Lipinski definition) is 2. The van der Waals surface area contributed by atoms with Crippen LogP contribution in [0.2, 0.25) is 0 Å². The molecule has 2 heterocycles. The molecule has 1 atom stereocenters. The third-order valence-corrected chi connectivity index (χ3v) is 3.08. The quantitative estimate of drug-likeness (QED) is 0.776. The molecule has 0 aliphatic carbocycles. The predicted octanol–water partition coefficient (Wildman–Crippen LogP) is 0.306. The van der Waals surface area contributed by atoms with Crippen molar-refractivity contribution in [3.63, 3.8) is 0 Å². The first-order chi connectivity index (χ1) is 7.72. The Morgan fingerprint density at radius 2 is 2.31 bits per heavy atom. The number of aliphatic hydroxyl groups excluding tert-OH is 1. The van der Waals surface area contributed by atoms with E-state index in [0.717, 1.165) is 37.3 Å². The van der Waals surface area contributed by atoms with Gasteiger partial charge in [0.2, 0.25) is 0 Å². The highest BCUT2D eigenvalue weighted by atomic mass is 16.5. The molecule has 0 radical (unpaired) electrons. The van der Waals surface area contributed by atoms with Gasteiger partial charge in [-0.25, -0.2) is 0 Å². The van der Waals surface area contributed by atoms with Crippen molar-refractivity contribution in [3.8, 4) is 0 Å². The maximum Gasteiger partial charge on any atom is 0.0945 e. The molecule has 1 aromatic rings. The first-order valence-electron chi connectivity index (χ1n) is 5.71. The lowest BCUT2D eigenvalue weighted by Gasteiger charge is -2.22. The van der Waals surface area contributed by atoms with Crippen molar-refractivity contribution in [1.29, 1.82) is 0 Å². The Morgan fingerprint density at radius 3 is 2.94 bits per heavy atom. The molecule has 0 bridgehead atoms. The lowest BCUT2D eigenvalue weighted by molar-refractivity contribution is 0.0834. The Morgan fingerprint density at radius 1 is 1.62 bits per heavy atom. The maximum atomic E-state index is 9.84. The second-order valence-corrected chi connectivity index (χ2v) is 4.28. The van der Waals surface area contributed by atoms with Crippen molar-refractivity contribution in [2.24, 2.45) is 12.8 Å². The minimum atomic E-state index is -0.605. The van der Waals surface area contributed by atoms with Gasteiger partial charge in [0.15, 0.2) is 0 Å². The Balaban J connectivity index is 2.24. The minimum absolute atomic E-state index is 0.238. The van der Waals surface area contributed by atoms with E-state index in [0.29, 0.717) is 5.92 Å². The summed E-state index contributed by atoms with van der Waals surface area (Å²) in [6, 6.07) is 0. The second-order valence-electron chi connectivity index (χ2n) is 4.28. The van der Waals surface area contributed by atoms with Gasteiger partial charge in [0.25, 0.3) is 0 Å². The lowest BCUT2D eigenvalue weighted by atomic mass is 9.92. The van der Waals surface area contributed by atoms with E-state index in [4.69, 9.17) is 10.5 Å². The van der Waals surface area contributed by atoms with Crippen LogP contribution in [0.15, 0.2) is 6.20 Å². The van der Waals surface area contributed by atoms with Crippen LogP contribution in [0.1, 0.15) is 36.1 Å². The number of aromatic nitrogens is 2. The van der Waals surface area contributed by atoms with Gasteiger partial charge in [0, 0.05) is 44.5 Å². The number of hydrogen-bond acceptors (Lipinski definition) is 4. The lowest BCUT2D eigenvalue weighted by Crippen LogP contribution is -2.18. The van der Waals surface area contributed by atoms with Crippen molar-refractivity contribution in [1.82, 2.24) is 9.78 Å². The molecule has 5 nitrogen and oxygen atoms in total. The molecule has 3 N–H and O–H groups in total. The SMILES string of the molecule is Cn1cc([C@@H](O)CN)c(C2CCOCC2)n1. The van der Waals surface area contributed by atoms with Crippen molar-refractivity contribution in [3.05, 3.63) is 17.5 Å². The Hall–Kier alpha value is -0.910. The van der Waals surface area contributed by atoms with Gasteiger partial charge in [-0.2, -0.15) is 5.10 Å². The number of ether oxygens (including phenoxy) is 1. The normalized spacial score (nSPS) is 19.9. The van der Waals surface area contributed by atoms with Crippen LogP contribution in [-0.2, 0) is 11.8 Å². The summed E-state index contributed by atoms with van der Waals surface area (Å²) in [6.45, 7) is 1.79. The monoisotopic (exact) mass is 225 g/mol. The molecule has 0 aromatic carbocycles. The van der Waals surface area contributed by atoms with Gasteiger partial charge in [-0.3, -0.25) is 4.68 Å². The summed E-state index contributed by atoms with van der Waals surface area (Å²) in [4.78, 5) is 0. The van der Waals surface area contributed by atoms with Gasteiger partial charge in [-0.1, -0.05) is 0 Å². The standard InChI is InChI=1S/C11H19N3O2/c1-14-7-9(10(15)6-12)11(13-14)8-2-4-16-5-3-8/h7-8,10,15H,2-6,12H2,1H3/t10-/m0/s1. The molecule has 1 saturated heterocycles. The van der Waals surface area contributed by atoms with E-state index in [1.54, 1.807) is 4.68 Å². The first kappa shape index (κ1) is 11.6. The molecule has 16 heavy (non-hydrogen) atoms. The summed E-state index contributed by atoms with van der Waals surface area (Å²) >= 11 is 0. The van der Waals surface area contributed by atoms with E-state index < -0.39 is 6.10 Å². The summed E-state index contributed by atoms with van der Waals surface area (Å²) in [5.74, 6) is 0.395. The summed E-state index contributed by atoms with van der Waals surface area (Å²) in [6.07, 6.45) is 3.21. The molecule has 0 saturated carbocycles. The van der Waals surface area contributed by atoms with Crippen LogP contribution in [0.5, 0.6) is 0 Å². The zero-order valence-corrected chi connectivity index (χ0v) is 9.59. The number of nitrogens with two attached hydrogens (primary N) is 1. The van der Waals surface area contributed by atoms with Gasteiger partial charge in [0.05, 0.1) is 11.8 Å². The largest absolute Gasteiger partial charge is 0.387 e. The highest BCUT2D eigenvalue weighted by Crippen LogP contribution is 2.30. The Labute approximate surface area is 95.2 Å². The molecule has 0 amide bonds. The maximum absolute atomic E-state index is 9.84. The van der Waals surface area contributed by atoms with Crippen molar-refractivity contribution in [2.75, 3.05) is 19.8 Å². The zero-order valence-electron chi connectivity index (χ0n) is 9.59. The second kappa shape index (κ2) is 4.95. The fourth-order valence-corrected chi connectivity index (χ4v) is 2.20. The van der Waals surface area contributed by atoms with Crippen LogP contribution < -0.4 is 5.73 Å². The first-order valence-corrected chi connectivity index (χ1v) is 5.71. The number of aliphatic hydroxyl groups is 1. The smallest absolute Gasteiger partial charge is 0.0945 e. The van der Waals surface area contributed by atoms with Crippen molar-refractivity contribution in [2.45, 2.75) is 24.9 Å². The molecule has 1 aliphatic rings. The van der Waals surface area contributed by atoms with E-state index in [1.165, 1.54) is 0 Å². The van der Waals surface area contributed by atoms with E-state index in [1.807, 2.05) is 13.2 Å². The van der Waals surface area contributed by atoms with E-state index in [9.17, 15) is 5.11 Å². The van der Waals surface area contributed by atoms with E-state index in [-0.39, 0.29) is 6.54 Å². The van der Waals surface area contributed by atoms with Crippen LogP contribution >= 0.6 is 0 Å². The molecular weight excluding hydrogens is 206 g/mol. The molecule has 1 aliphatic heterocycles. The topological polar surface area (TPSA) is 73.3 Å². The summed E-state index contributed by atoms with van der Waals surface area (Å²) < 4.78 is 7.08. The number of aryl methyl sites for hydroxylation is 1. The molecule has 0 spiro atoms. The summed E-state index contributed by atoms with van der Waals surface area (Å²) in [7, 11) is 1.87. The molecule has 90 valence electrons. The van der Waals surface area contributed by atoms with Gasteiger partial charge < -0.3 is 15.6 Å². The number of rotatable bonds is 3. The zero-order chi connectivity index (χ0) is 11.5. The molecular formula is C11H19N3O2. The Bertz CT molecular complexity index is 345. The van der Waals surface area contributed by atoms with Crippen molar-refractivity contribution < 1.29 is 9.84 Å². The molecule has 1 aromatic heterocycles. The molecule has 1 fully saturated rings. The highest BCUT2D eigenvalue weighted by molar-refractivity contribution is 5.24. The van der Waals surface area contributed by atoms with Crippen molar-refractivity contribution >= 4 is 0 Å².